The van der Waals surface area contributed by atoms with E-state index in [-0.39, 0.29) is 17.6 Å². The average Bonchev–Trinajstić information content (AvgIpc) is 2.69. The van der Waals surface area contributed by atoms with Crippen molar-refractivity contribution in [3.8, 4) is 0 Å². The summed E-state index contributed by atoms with van der Waals surface area (Å²) in [6.45, 7) is 1.14. The van der Waals surface area contributed by atoms with Gasteiger partial charge >= 0.3 is 0 Å². The lowest BCUT2D eigenvalue weighted by Crippen LogP contribution is -2.43. The van der Waals surface area contributed by atoms with Crippen LogP contribution in [-0.4, -0.2) is 36.7 Å². The minimum atomic E-state index is -3.38. The Balaban J connectivity index is 1.50. The van der Waals surface area contributed by atoms with Crippen molar-refractivity contribution in [2.45, 2.75) is 25.1 Å². The summed E-state index contributed by atoms with van der Waals surface area (Å²) in [5.41, 5.74) is 1.56. The first kappa shape index (κ1) is 20.0. The molecule has 0 unspecified atom stereocenters. The van der Waals surface area contributed by atoms with Crippen LogP contribution >= 0.6 is 15.9 Å². The molecule has 0 radical (unpaired) electrons. The number of carbonyl (C=O) groups excluding carboxylic acids is 1. The van der Waals surface area contributed by atoms with Crippen LogP contribution in [-0.2, 0) is 27.1 Å². The Labute approximate surface area is 168 Å². The maximum atomic E-state index is 12.6. The Morgan fingerprint density at radius 2 is 1.85 bits per heavy atom. The zero-order chi connectivity index (χ0) is 19.3. The number of halogens is 1. The third-order valence-electron chi connectivity index (χ3n) is 4.65. The van der Waals surface area contributed by atoms with E-state index in [4.69, 9.17) is 0 Å². The summed E-state index contributed by atoms with van der Waals surface area (Å²) in [6, 6.07) is 12.8. The molecule has 0 atom stereocenters. The van der Waals surface area contributed by atoms with E-state index in [0.29, 0.717) is 32.5 Å². The molecule has 1 saturated heterocycles. The van der Waals surface area contributed by atoms with Crippen LogP contribution in [0, 0.1) is 5.92 Å². The van der Waals surface area contributed by atoms with Gasteiger partial charge in [0, 0.05) is 29.7 Å². The molecular weight excluding hydrogens is 430 g/mol. The summed E-state index contributed by atoms with van der Waals surface area (Å²) in [7, 11) is -3.38. The molecule has 1 aliphatic heterocycles. The van der Waals surface area contributed by atoms with Gasteiger partial charge in [0.15, 0.2) is 0 Å². The topological polar surface area (TPSA) is 79.4 Å². The van der Waals surface area contributed by atoms with Crippen molar-refractivity contribution >= 4 is 31.9 Å². The van der Waals surface area contributed by atoms with Crippen LogP contribution in [0.25, 0.3) is 0 Å². The normalized spacial score (nSPS) is 16.2. The average molecular weight is 452 g/mol. The standard InChI is InChI=1S/C19H22BrN3O3S/c20-17-6-4-15(5-7-17)14-27(25,26)23-11-8-16(9-12-23)19(24)22-13-18-3-1-2-10-21-18/h1-7,10,16H,8-9,11-14H2,(H,22,24). The fourth-order valence-electron chi connectivity index (χ4n) is 3.10. The number of carbonyl (C=O) groups is 1. The van der Waals surface area contributed by atoms with Crippen molar-refractivity contribution < 1.29 is 13.2 Å². The molecule has 1 aliphatic rings. The van der Waals surface area contributed by atoms with Crippen molar-refractivity contribution in [2.75, 3.05) is 13.1 Å². The molecule has 0 bridgehead atoms. The predicted molar refractivity (Wildman–Crippen MR) is 107 cm³/mol. The number of benzene rings is 1. The SMILES string of the molecule is O=C(NCc1ccccn1)C1CCN(S(=O)(=O)Cc2ccc(Br)cc2)CC1. The first-order chi connectivity index (χ1) is 12.9. The maximum absolute atomic E-state index is 12.6. The summed E-state index contributed by atoms with van der Waals surface area (Å²) >= 11 is 3.35. The molecule has 1 fully saturated rings. The Hall–Kier alpha value is -1.77. The highest BCUT2D eigenvalue weighted by atomic mass is 79.9. The smallest absolute Gasteiger partial charge is 0.223 e. The van der Waals surface area contributed by atoms with Crippen LogP contribution in [0.2, 0.25) is 0 Å². The Morgan fingerprint density at radius 1 is 1.15 bits per heavy atom. The summed E-state index contributed by atoms with van der Waals surface area (Å²) in [6.07, 6.45) is 2.76. The van der Waals surface area contributed by atoms with Crippen molar-refractivity contribution in [3.05, 3.63) is 64.4 Å². The molecule has 0 spiro atoms. The van der Waals surface area contributed by atoms with Gasteiger partial charge in [-0.1, -0.05) is 34.1 Å². The number of aromatic nitrogens is 1. The second-order valence-electron chi connectivity index (χ2n) is 6.59. The summed E-state index contributed by atoms with van der Waals surface area (Å²) < 4.78 is 27.7. The van der Waals surface area contributed by atoms with Crippen LogP contribution in [0.5, 0.6) is 0 Å². The lowest BCUT2D eigenvalue weighted by atomic mass is 9.97. The van der Waals surface area contributed by atoms with Gasteiger partial charge in [0.25, 0.3) is 0 Å². The molecule has 27 heavy (non-hydrogen) atoms. The Kier molecular flexibility index (Phi) is 6.62. The largest absolute Gasteiger partial charge is 0.350 e. The number of pyridine rings is 1. The summed E-state index contributed by atoms with van der Waals surface area (Å²) in [4.78, 5) is 16.5. The van der Waals surface area contributed by atoms with Gasteiger partial charge in [-0.05, 0) is 42.7 Å². The van der Waals surface area contributed by atoms with E-state index in [0.717, 1.165) is 15.7 Å². The van der Waals surface area contributed by atoms with Crippen LogP contribution in [0.1, 0.15) is 24.1 Å². The highest BCUT2D eigenvalue weighted by Gasteiger charge is 2.31. The van der Waals surface area contributed by atoms with Gasteiger partial charge in [0.1, 0.15) is 0 Å². The number of hydrogen-bond acceptors (Lipinski definition) is 4. The number of piperidine rings is 1. The van der Waals surface area contributed by atoms with Crippen LogP contribution < -0.4 is 5.32 Å². The molecular formula is C19H22BrN3O3S. The quantitative estimate of drug-likeness (QED) is 0.731. The zero-order valence-electron chi connectivity index (χ0n) is 14.8. The second-order valence-corrected chi connectivity index (χ2v) is 9.48. The second kappa shape index (κ2) is 8.95. The van der Waals surface area contributed by atoms with Gasteiger partial charge < -0.3 is 5.32 Å². The molecule has 3 rings (SSSR count). The third-order valence-corrected chi connectivity index (χ3v) is 7.03. The highest BCUT2D eigenvalue weighted by molar-refractivity contribution is 9.10. The summed E-state index contributed by atoms with van der Waals surface area (Å²) in [5, 5.41) is 2.89. The molecule has 1 aromatic heterocycles. The monoisotopic (exact) mass is 451 g/mol. The predicted octanol–water partition coefficient (Wildman–Crippen LogP) is 2.70. The molecule has 6 nitrogen and oxygen atoms in total. The maximum Gasteiger partial charge on any atom is 0.223 e. The molecule has 1 N–H and O–H groups in total. The van der Waals surface area contributed by atoms with Gasteiger partial charge in [-0.2, -0.15) is 0 Å². The van der Waals surface area contributed by atoms with Crippen LogP contribution in [0.3, 0.4) is 0 Å². The van der Waals surface area contributed by atoms with E-state index < -0.39 is 10.0 Å². The number of amides is 1. The minimum Gasteiger partial charge on any atom is -0.350 e. The van der Waals surface area contributed by atoms with E-state index in [1.54, 1.807) is 18.3 Å². The van der Waals surface area contributed by atoms with Crippen molar-refractivity contribution in [1.82, 2.24) is 14.6 Å². The molecule has 2 heterocycles. The number of rotatable bonds is 6. The van der Waals surface area contributed by atoms with Gasteiger partial charge in [-0.25, -0.2) is 12.7 Å². The van der Waals surface area contributed by atoms with Crippen molar-refractivity contribution in [1.29, 1.82) is 0 Å². The molecule has 1 amide bonds. The summed E-state index contributed by atoms with van der Waals surface area (Å²) in [5.74, 6) is -0.213. The van der Waals surface area contributed by atoms with Gasteiger partial charge in [0.05, 0.1) is 18.0 Å². The number of sulfonamides is 1. The van der Waals surface area contributed by atoms with Crippen LogP contribution in [0.4, 0.5) is 0 Å². The lowest BCUT2D eigenvalue weighted by Gasteiger charge is -2.30. The number of hydrogen-bond donors (Lipinski definition) is 1. The number of nitrogens with one attached hydrogen (secondary N) is 1. The molecule has 1 aromatic carbocycles. The van der Waals surface area contributed by atoms with Gasteiger partial charge in [-0.15, -0.1) is 0 Å². The molecule has 0 saturated carbocycles. The van der Waals surface area contributed by atoms with E-state index in [9.17, 15) is 13.2 Å². The third kappa shape index (κ3) is 5.60. The Bertz CT molecular complexity index is 865. The highest BCUT2D eigenvalue weighted by Crippen LogP contribution is 2.22. The van der Waals surface area contributed by atoms with Crippen molar-refractivity contribution in [3.63, 3.8) is 0 Å². The lowest BCUT2D eigenvalue weighted by molar-refractivity contribution is -0.126. The fourth-order valence-corrected chi connectivity index (χ4v) is 4.93. The van der Waals surface area contributed by atoms with E-state index >= 15 is 0 Å². The first-order valence-electron chi connectivity index (χ1n) is 8.84. The molecule has 144 valence electrons. The Morgan fingerprint density at radius 3 is 2.48 bits per heavy atom. The molecule has 2 aromatic rings. The minimum absolute atomic E-state index is 0.0170. The first-order valence-corrected chi connectivity index (χ1v) is 11.2. The van der Waals surface area contributed by atoms with Crippen LogP contribution in [0.15, 0.2) is 53.1 Å². The molecule has 0 aliphatic carbocycles. The van der Waals surface area contributed by atoms with E-state index in [1.165, 1.54) is 4.31 Å². The fraction of sp³-hybridized carbons (Fsp3) is 0.368. The van der Waals surface area contributed by atoms with Gasteiger partial charge in [-0.3, -0.25) is 9.78 Å². The number of nitrogens with zero attached hydrogens (tertiary/aromatic N) is 2. The molecule has 8 heteroatoms. The van der Waals surface area contributed by atoms with Gasteiger partial charge in [0.2, 0.25) is 15.9 Å². The van der Waals surface area contributed by atoms with E-state index in [2.05, 4.69) is 26.2 Å². The van der Waals surface area contributed by atoms with E-state index in [1.807, 2.05) is 30.3 Å². The zero-order valence-corrected chi connectivity index (χ0v) is 17.2. The van der Waals surface area contributed by atoms with Crippen molar-refractivity contribution in [2.24, 2.45) is 5.92 Å².